The summed E-state index contributed by atoms with van der Waals surface area (Å²) in [7, 11) is 0. The van der Waals surface area contributed by atoms with Crippen molar-refractivity contribution in [3.05, 3.63) is 0 Å². The van der Waals surface area contributed by atoms with E-state index in [1.807, 2.05) is 13.8 Å². The van der Waals surface area contributed by atoms with Gasteiger partial charge in [-0.2, -0.15) is 0 Å². The molecular formula is C6H12O2S. The highest BCUT2D eigenvalue weighted by Crippen LogP contribution is 2.26. The summed E-state index contributed by atoms with van der Waals surface area (Å²) in [6.07, 6.45) is 0.273. The fraction of sp³-hybridized carbons (Fsp3) is 1.00. The van der Waals surface area contributed by atoms with Gasteiger partial charge in [0.15, 0.2) is 0 Å². The summed E-state index contributed by atoms with van der Waals surface area (Å²) in [4.78, 5) is 0. The Morgan fingerprint density at radius 2 is 2.56 bits per heavy atom. The topological polar surface area (TPSA) is 18.5 Å². The maximum Gasteiger partial charge on any atom is 0.131 e. The van der Waals surface area contributed by atoms with Crippen molar-refractivity contribution in [2.45, 2.75) is 25.4 Å². The van der Waals surface area contributed by atoms with Gasteiger partial charge in [0.05, 0.1) is 12.0 Å². The Balaban J connectivity index is 2.22. The van der Waals surface area contributed by atoms with Gasteiger partial charge in [-0.25, -0.2) is 0 Å². The summed E-state index contributed by atoms with van der Waals surface area (Å²) in [5.41, 5.74) is 0.273. The molecule has 1 saturated heterocycles. The van der Waals surface area contributed by atoms with Crippen molar-refractivity contribution in [1.82, 2.24) is 0 Å². The molecule has 0 aromatic rings. The summed E-state index contributed by atoms with van der Waals surface area (Å²) >= 11 is 1.73. The third-order valence-corrected chi connectivity index (χ3v) is 2.40. The second-order valence-corrected chi connectivity index (χ2v) is 3.01. The number of rotatable bonds is 2. The number of ether oxygens (including phenoxy) is 2. The Hall–Kier alpha value is 0.270. The molecule has 0 aliphatic carbocycles. The third-order valence-electron chi connectivity index (χ3n) is 1.28. The lowest BCUT2D eigenvalue weighted by molar-refractivity contribution is 0.0176. The van der Waals surface area contributed by atoms with E-state index in [0.29, 0.717) is 0 Å². The highest BCUT2D eigenvalue weighted by Gasteiger charge is 2.24. The van der Waals surface area contributed by atoms with E-state index in [-0.39, 0.29) is 11.5 Å². The molecule has 0 unspecified atom stereocenters. The summed E-state index contributed by atoms with van der Waals surface area (Å²) in [5, 5.41) is 0. The Morgan fingerprint density at radius 3 is 3.00 bits per heavy atom. The van der Waals surface area contributed by atoms with Crippen LogP contribution in [-0.4, -0.2) is 24.1 Å². The van der Waals surface area contributed by atoms with Crippen molar-refractivity contribution in [2.24, 2.45) is 0 Å². The van der Waals surface area contributed by atoms with Crippen LogP contribution in [0.1, 0.15) is 13.8 Å². The van der Waals surface area contributed by atoms with Gasteiger partial charge in [-0.1, -0.05) is 11.8 Å². The zero-order valence-electron chi connectivity index (χ0n) is 5.79. The van der Waals surface area contributed by atoms with Gasteiger partial charge in [0, 0.05) is 6.61 Å². The van der Waals surface area contributed by atoms with Gasteiger partial charge in [0.1, 0.15) is 5.44 Å². The SMILES string of the molecule is CCO[C@@H]1SCO[C@@H]1C. The molecule has 0 spiro atoms. The molecule has 0 aromatic heterocycles. The van der Waals surface area contributed by atoms with E-state index in [9.17, 15) is 0 Å². The molecular weight excluding hydrogens is 136 g/mol. The van der Waals surface area contributed by atoms with Crippen LogP contribution in [0.15, 0.2) is 0 Å². The molecule has 0 bridgehead atoms. The zero-order chi connectivity index (χ0) is 6.69. The molecule has 3 heteroatoms. The van der Waals surface area contributed by atoms with Crippen LogP contribution in [0.4, 0.5) is 0 Å². The average molecular weight is 148 g/mol. The minimum Gasteiger partial charge on any atom is -0.365 e. The van der Waals surface area contributed by atoms with E-state index in [4.69, 9.17) is 9.47 Å². The first kappa shape index (κ1) is 7.38. The second-order valence-electron chi connectivity index (χ2n) is 1.98. The molecule has 1 heterocycles. The minimum atomic E-state index is 0.273. The molecule has 0 saturated carbocycles. The number of hydrogen-bond acceptors (Lipinski definition) is 3. The summed E-state index contributed by atoms with van der Waals surface area (Å²) in [6.45, 7) is 4.83. The zero-order valence-corrected chi connectivity index (χ0v) is 6.61. The summed E-state index contributed by atoms with van der Waals surface area (Å²) in [5.74, 6) is 0.784. The smallest absolute Gasteiger partial charge is 0.131 e. The van der Waals surface area contributed by atoms with Crippen molar-refractivity contribution >= 4 is 11.8 Å². The van der Waals surface area contributed by atoms with Crippen LogP contribution >= 0.6 is 11.8 Å². The van der Waals surface area contributed by atoms with E-state index >= 15 is 0 Å². The first-order valence-electron chi connectivity index (χ1n) is 3.19. The normalized spacial score (nSPS) is 35.3. The van der Waals surface area contributed by atoms with Gasteiger partial charge >= 0.3 is 0 Å². The quantitative estimate of drug-likeness (QED) is 0.590. The van der Waals surface area contributed by atoms with E-state index in [0.717, 1.165) is 12.5 Å². The van der Waals surface area contributed by atoms with Crippen molar-refractivity contribution in [2.75, 3.05) is 12.5 Å². The maximum atomic E-state index is 5.35. The van der Waals surface area contributed by atoms with Gasteiger partial charge in [0.25, 0.3) is 0 Å². The van der Waals surface area contributed by atoms with Crippen LogP contribution in [0.3, 0.4) is 0 Å². The molecule has 1 fully saturated rings. The minimum absolute atomic E-state index is 0.273. The summed E-state index contributed by atoms with van der Waals surface area (Å²) < 4.78 is 10.6. The standard InChI is InChI=1S/C6H12O2S/c1-3-7-6-5(2)8-4-9-6/h5-6H,3-4H2,1-2H3/t5-,6-/m1/s1. The van der Waals surface area contributed by atoms with Crippen LogP contribution in [0, 0.1) is 0 Å². The van der Waals surface area contributed by atoms with Crippen LogP contribution in [0.25, 0.3) is 0 Å². The van der Waals surface area contributed by atoms with Crippen molar-refractivity contribution in [3.63, 3.8) is 0 Å². The molecule has 0 N–H and O–H groups in total. The lowest BCUT2D eigenvalue weighted by Gasteiger charge is -2.11. The molecule has 2 atom stereocenters. The third kappa shape index (κ3) is 1.85. The Bertz CT molecular complexity index is 87.1. The molecule has 0 radical (unpaired) electrons. The largest absolute Gasteiger partial charge is 0.365 e. The highest BCUT2D eigenvalue weighted by atomic mass is 32.2. The van der Waals surface area contributed by atoms with Crippen molar-refractivity contribution < 1.29 is 9.47 Å². The average Bonchev–Trinajstić information content (AvgIpc) is 2.18. The van der Waals surface area contributed by atoms with Crippen LogP contribution < -0.4 is 0 Å². The molecule has 1 aliphatic rings. The lowest BCUT2D eigenvalue weighted by Crippen LogP contribution is -2.18. The van der Waals surface area contributed by atoms with Crippen molar-refractivity contribution in [1.29, 1.82) is 0 Å². The van der Waals surface area contributed by atoms with Gasteiger partial charge in [-0.05, 0) is 13.8 Å². The highest BCUT2D eigenvalue weighted by molar-refractivity contribution is 7.99. The van der Waals surface area contributed by atoms with E-state index in [1.165, 1.54) is 0 Å². The molecule has 0 aromatic carbocycles. The van der Waals surface area contributed by atoms with Crippen LogP contribution in [-0.2, 0) is 9.47 Å². The van der Waals surface area contributed by atoms with E-state index in [1.54, 1.807) is 11.8 Å². The number of hydrogen-bond donors (Lipinski definition) is 0. The monoisotopic (exact) mass is 148 g/mol. The Morgan fingerprint density at radius 1 is 1.78 bits per heavy atom. The fourth-order valence-corrected chi connectivity index (χ4v) is 1.78. The molecule has 2 nitrogen and oxygen atoms in total. The first-order valence-corrected chi connectivity index (χ1v) is 4.24. The predicted octanol–water partition coefficient (Wildman–Crippen LogP) is 1.46. The van der Waals surface area contributed by atoms with Crippen LogP contribution in [0.2, 0.25) is 0 Å². The Kier molecular flexibility index (Phi) is 2.82. The lowest BCUT2D eigenvalue weighted by atomic mass is 10.4. The molecule has 0 amide bonds. The Labute approximate surface area is 59.9 Å². The second kappa shape index (κ2) is 3.44. The fourth-order valence-electron chi connectivity index (χ4n) is 0.776. The van der Waals surface area contributed by atoms with E-state index < -0.39 is 0 Å². The van der Waals surface area contributed by atoms with Gasteiger partial charge < -0.3 is 9.47 Å². The van der Waals surface area contributed by atoms with Gasteiger partial charge in [0.2, 0.25) is 0 Å². The summed E-state index contributed by atoms with van der Waals surface area (Å²) in [6, 6.07) is 0. The van der Waals surface area contributed by atoms with Gasteiger partial charge in [-0.15, -0.1) is 0 Å². The molecule has 1 rings (SSSR count). The first-order chi connectivity index (χ1) is 4.34. The molecule has 54 valence electrons. The van der Waals surface area contributed by atoms with Gasteiger partial charge in [-0.3, -0.25) is 0 Å². The van der Waals surface area contributed by atoms with Crippen molar-refractivity contribution in [3.8, 4) is 0 Å². The van der Waals surface area contributed by atoms with E-state index in [2.05, 4.69) is 0 Å². The van der Waals surface area contributed by atoms with Crippen LogP contribution in [0.5, 0.6) is 0 Å². The maximum absolute atomic E-state index is 5.35. The molecule has 9 heavy (non-hydrogen) atoms. The molecule has 1 aliphatic heterocycles. The predicted molar refractivity (Wildman–Crippen MR) is 38.4 cm³/mol. The number of thioether (sulfide) groups is 1.